The summed E-state index contributed by atoms with van der Waals surface area (Å²) in [7, 11) is 1.62. The number of aryl methyl sites for hydroxylation is 1. The number of hydrogen-bond donors (Lipinski definition) is 1. The van der Waals surface area contributed by atoms with Crippen LogP contribution < -0.4 is 15.2 Å². The zero-order chi connectivity index (χ0) is 15.9. The molecule has 2 N–H and O–H groups in total. The highest BCUT2D eigenvalue weighted by atomic mass is 16.5. The molecule has 4 nitrogen and oxygen atoms in total. The number of hydrogen-bond acceptors (Lipinski definition) is 4. The zero-order valence-corrected chi connectivity index (χ0v) is 13.0. The van der Waals surface area contributed by atoms with Gasteiger partial charge in [-0.2, -0.15) is 0 Å². The molecule has 0 aliphatic carbocycles. The van der Waals surface area contributed by atoms with Crippen LogP contribution in [0.2, 0.25) is 0 Å². The van der Waals surface area contributed by atoms with E-state index in [1.807, 2.05) is 44.2 Å². The number of anilines is 1. The number of methoxy groups -OCH3 is 1. The first-order valence-corrected chi connectivity index (χ1v) is 7.24. The van der Waals surface area contributed by atoms with Crippen LogP contribution in [-0.2, 0) is 0 Å². The molecule has 0 amide bonds. The molecule has 0 aromatic heterocycles. The molecule has 4 heteroatoms. The van der Waals surface area contributed by atoms with Crippen LogP contribution in [-0.4, -0.2) is 12.9 Å². The predicted octanol–water partition coefficient (Wildman–Crippen LogP) is 3.60. The minimum absolute atomic E-state index is 0.0665. The maximum Gasteiger partial charge on any atom is 0.170 e. The number of ketones is 1. The third kappa shape index (κ3) is 2.30. The molecule has 1 atom stereocenters. The lowest BCUT2D eigenvalue weighted by atomic mass is 9.92. The fourth-order valence-electron chi connectivity index (χ4n) is 2.72. The molecule has 0 bridgehead atoms. The Labute approximate surface area is 129 Å². The van der Waals surface area contributed by atoms with Crippen molar-refractivity contribution in [2.45, 2.75) is 26.4 Å². The summed E-state index contributed by atoms with van der Waals surface area (Å²) in [6.07, 6.45) is 0.0108. The minimum Gasteiger partial charge on any atom is -0.497 e. The predicted molar refractivity (Wildman–Crippen MR) is 85.6 cm³/mol. The lowest BCUT2D eigenvalue weighted by Crippen LogP contribution is -2.22. The number of fused-ring (bicyclic) bond motifs is 1. The Balaban J connectivity index is 1.99. The molecular weight excluding hydrogens is 278 g/mol. The van der Waals surface area contributed by atoms with E-state index in [0.717, 1.165) is 22.4 Å². The molecule has 0 saturated heterocycles. The second-order valence-electron chi connectivity index (χ2n) is 5.62. The Hall–Kier alpha value is -2.49. The van der Waals surface area contributed by atoms with Gasteiger partial charge in [-0.15, -0.1) is 0 Å². The van der Waals surface area contributed by atoms with Crippen LogP contribution in [0.4, 0.5) is 5.69 Å². The van der Waals surface area contributed by atoms with E-state index in [1.165, 1.54) is 0 Å². The molecule has 114 valence electrons. The fourth-order valence-corrected chi connectivity index (χ4v) is 2.72. The summed E-state index contributed by atoms with van der Waals surface area (Å²) in [6, 6.07) is 9.43. The third-order valence-corrected chi connectivity index (χ3v) is 4.26. The van der Waals surface area contributed by atoms with Crippen LogP contribution in [0, 0.1) is 13.8 Å². The smallest absolute Gasteiger partial charge is 0.170 e. The van der Waals surface area contributed by atoms with Crippen LogP contribution in [0.25, 0.3) is 0 Å². The van der Waals surface area contributed by atoms with Crippen LogP contribution in [0.15, 0.2) is 30.3 Å². The van der Waals surface area contributed by atoms with Gasteiger partial charge in [-0.05, 0) is 48.7 Å². The highest BCUT2D eigenvalue weighted by Crippen LogP contribution is 2.41. The summed E-state index contributed by atoms with van der Waals surface area (Å²) >= 11 is 0. The topological polar surface area (TPSA) is 61.5 Å². The van der Waals surface area contributed by atoms with E-state index >= 15 is 0 Å². The average Bonchev–Trinajstić information content (AvgIpc) is 2.54. The molecule has 22 heavy (non-hydrogen) atoms. The Morgan fingerprint density at radius 3 is 2.55 bits per heavy atom. The number of Topliss-reactive ketones (excluding diaryl/α,β-unsaturated/α-hetero) is 1. The van der Waals surface area contributed by atoms with Crippen molar-refractivity contribution in [2.24, 2.45) is 0 Å². The summed E-state index contributed by atoms with van der Waals surface area (Å²) in [5, 5.41) is 0. The van der Waals surface area contributed by atoms with Crippen molar-refractivity contribution in [2.75, 3.05) is 12.8 Å². The normalized spacial score (nSPS) is 16.9. The van der Waals surface area contributed by atoms with Crippen LogP contribution >= 0.6 is 0 Å². The van der Waals surface area contributed by atoms with Crippen molar-refractivity contribution in [1.29, 1.82) is 0 Å². The van der Waals surface area contributed by atoms with E-state index in [2.05, 4.69) is 0 Å². The quantitative estimate of drug-likeness (QED) is 0.860. The second-order valence-corrected chi connectivity index (χ2v) is 5.62. The van der Waals surface area contributed by atoms with Crippen LogP contribution in [0.1, 0.15) is 39.6 Å². The van der Waals surface area contributed by atoms with Gasteiger partial charge < -0.3 is 15.2 Å². The monoisotopic (exact) mass is 297 g/mol. The van der Waals surface area contributed by atoms with E-state index in [4.69, 9.17) is 15.2 Å². The van der Waals surface area contributed by atoms with Gasteiger partial charge >= 0.3 is 0 Å². The standard InChI is InChI=1S/C18H19NO3/c1-10-8-14-15(20)9-16(22-18(14)17(19)11(10)2)12-4-6-13(21-3)7-5-12/h4-8,16H,9,19H2,1-3H3. The summed E-state index contributed by atoms with van der Waals surface area (Å²) in [6.45, 7) is 3.89. The van der Waals surface area contributed by atoms with Gasteiger partial charge in [0.1, 0.15) is 11.9 Å². The molecular formula is C18H19NO3. The Morgan fingerprint density at radius 2 is 1.91 bits per heavy atom. The second kappa shape index (κ2) is 5.37. The molecule has 1 heterocycles. The van der Waals surface area contributed by atoms with E-state index in [0.29, 0.717) is 23.4 Å². The van der Waals surface area contributed by atoms with Gasteiger partial charge in [0.05, 0.1) is 24.8 Å². The number of carbonyl (C=O) groups is 1. The maximum atomic E-state index is 12.4. The summed E-state index contributed by atoms with van der Waals surface area (Å²) in [5.74, 6) is 1.36. The maximum absolute atomic E-state index is 12.4. The molecule has 0 fully saturated rings. The molecule has 3 rings (SSSR count). The van der Waals surface area contributed by atoms with E-state index < -0.39 is 0 Å². The first-order valence-electron chi connectivity index (χ1n) is 7.24. The highest BCUT2D eigenvalue weighted by molar-refractivity contribution is 6.02. The van der Waals surface area contributed by atoms with Gasteiger partial charge in [-0.25, -0.2) is 0 Å². The summed E-state index contributed by atoms with van der Waals surface area (Å²) in [5.41, 5.74) is 10.2. The molecule has 0 saturated carbocycles. The van der Waals surface area contributed by atoms with Crippen LogP contribution in [0.5, 0.6) is 11.5 Å². The van der Waals surface area contributed by atoms with Gasteiger partial charge in [0.15, 0.2) is 11.5 Å². The van der Waals surface area contributed by atoms with E-state index in [-0.39, 0.29) is 11.9 Å². The number of nitrogen functional groups attached to an aromatic ring is 1. The van der Waals surface area contributed by atoms with Crippen molar-refractivity contribution in [3.05, 3.63) is 52.6 Å². The Bertz CT molecular complexity index is 735. The largest absolute Gasteiger partial charge is 0.497 e. The van der Waals surface area contributed by atoms with Gasteiger partial charge in [0.2, 0.25) is 0 Å². The fraction of sp³-hybridized carbons (Fsp3) is 0.278. The first-order chi connectivity index (χ1) is 10.5. The van der Waals surface area contributed by atoms with Crippen molar-refractivity contribution in [3.63, 3.8) is 0 Å². The number of ether oxygens (including phenoxy) is 2. The number of carbonyl (C=O) groups excluding carboxylic acids is 1. The van der Waals surface area contributed by atoms with Crippen molar-refractivity contribution >= 4 is 11.5 Å². The molecule has 1 unspecified atom stereocenters. The lowest BCUT2D eigenvalue weighted by molar-refractivity contribution is 0.0851. The lowest BCUT2D eigenvalue weighted by Gasteiger charge is -2.28. The Morgan fingerprint density at radius 1 is 1.23 bits per heavy atom. The minimum atomic E-state index is -0.310. The molecule has 2 aromatic rings. The summed E-state index contributed by atoms with van der Waals surface area (Å²) < 4.78 is 11.2. The third-order valence-electron chi connectivity index (χ3n) is 4.26. The molecule has 1 aliphatic rings. The number of rotatable bonds is 2. The van der Waals surface area contributed by atoms with Gasteiger partial charge in [0.25, 0.3) is 0 Å². The first kappa shape index (κ1) is 14.4. The number of nitrogens with two attached hydrogens (primary N) is 1. The van der Waals surface area contributed by atoms with Gasteiger partial charge in [-0.3, -0.25) is 4.79 Å². The van der Waals surface area contributed by atoms with Crippen LogP contribution in [0.3, 0.4) is 0 Å². The van der Waals surface area contributed by atoms with Gasteiger partial charge in [-0.1, -0.05) is 12.1 Å². The zero-order valence-electron chi connectivity index (χ0n) is 13.0. The van der Waals surface area contributed by atoms with E-state index in [1.54, 1.807) is 7.11 Å². The van der Waals surface area contributed by atoms with Crippen molar-refractivity contribution in [3.8, 4) is 11.5 Å². The molecule has 2 aromatic carbocycles. The number of benzene rings is 2. The summed E-state index contributed by atoms with van der Waals surface area (Å²) in [4.78, 5) is 12.4. The molecule has 0 spiro atoms. The van der Waals surface area contributed by atoms with Crippen molar-refractivity contribution in [1.82, 2.24) is 0 Å². The molecule has 0 radical (unpaired) electrons. The Kier molecular flexibility index (Phi) is 3.53. The molecule has 1 aliphatic heterocycles. The van der Waals surface area contributed by atoms with E-state index in [9.17, 15) is 4.79 Å². The van der Waals surface area contributed by atoms with Crippen molar-refractivity contribution < 1.29 is 14.3 Å². The highest BCUT2D eigenvalue weighted by Gasteiger charge is 2.30. The average molecular weight is 297 g/mol. The SMILES string of the molecule is COc1ccc(C2CC(=O)c3cc(C)c(C)c(N)c3O2)cc1. The van der Waals surface area contributed by atoms with Gasteiger partial charge in [0, 0.05) is 0 Å².